The van der Waals surface area contributed by atoms with Crippen LogP contribution in [0.2, 0.25) is 5.02 Å². The molecule has 1 aromatic carbocycles. The normalized spacial score (nSPS) is 22.6. The first-order valence-corrected chi connectivity index (χ1v) is 7.70. The van der Waals surface area contributed by atoms with Crippen molar-refractivity contribution < 1.29 is 4.74 Å². The van der Waals surface area contributed by atoms with E-state index in [1.807, 2.05) is 18.2 Å². The maximum absolute atomic E-state index is 5.90. The molecule has 0 spiro atoms. The Morgan fingerprint density at radius 3 is 2.85 bits per heavy atom. The average Bonchev–Trinajstić information content (AvgIpc) is 2.75. The molecule has 0 radical (unpaired) electrons. The number of hydrogen-bond donors (Lipinski definition) is 1. The van der Waals surface area contributed by atoms with E-state index in [2.05, 4.69) is 27.8 Å². The fourth-order valence-corrected chi connectivity index (χ4v) is 3.16. The van der Waals surface area contributed by atoms with Gasteiger partial charge in [-0.05, 0) is 59.1 Å². The molecule has 6 heteroatoms. The summed E-state index contributed by atoms with van der Waals surface area (Å²) in [6.45, 7) is 6.80. The highest BCUT2D eigenvalue weighted by molar-refractivity contribution is 9.10. The fourth-order valence-electron chi connectivity index (χ4n) is 2.36. The summed E-state index contributed by atoms with van der Waals surface area (Å²) in [5.74, 6) is 0.838. The number of ether oxygens (including phenoxy) is 1. The van der Waals surface area contributed by atoms with Gasteiger partial charge in [-0.2, -0.15) is 0 Å². The molecule has 2 rings (SSSR count). The van der Waals surface area contributed by atoms with E-state index in [1.54, 1.807) is 0 Å². The smallest absolute Gasteiger partial charge is 0.133 e. The minimum Gasteiger partial charge on any atom is -0.491 e. The Hall–Kier alpha value is -0.0000000000000000555. The zero-order valence-electron chi connectivity index (χ0n) is 11.6. The van der Waals surface area contributed by atoms with Crippen molar-refractivity contribution in [3.8, 4) is 5.75 Å². The van der Waals surface area contributed by atoms with Crippen LogP contribution in [-0.2, 0) is 0 Å². The molecular weight excluding hydrogens is 363 g/mol. The highest BCUT2D eigenvalue weighted by Crippen LogP contribution is 2.29. The van der Waals surface area contributed by atoms with Crippen LogP contribution in [0.1, 0.15) is 13.3 Å². The van der Waals surface area contributed by atoms with Gasteiger partial charge in [0, 0.05) is 18.1 Å². The summed E-state index contributed by atoms with van der Waals surface area (Å²) in [5.41, 5.74) is 6.09. The molecule has 0 bridgehead atoms. The van der Waals surface area contributed by atoms with Crippen LogP contribution < -0.4 is 10.5 Å². The van der Waals surface area contributed by atoms with Crippen molar-refractivity contribution in [3.63, 3.8) is 0 Å². The second kappa shape index (κ2) is 7.85. The van der Waals surface area contributed by atoms with Crippen molar-refractivity contribution in [2.45, 2.75) is 13.3 Å². The minimum atomic E-state index is 0. The number of likely N-dealkylation sites (tertiary alicyclic amines) is 1. The van der Waals surface area contributed by atoms with Crippen LogP contribution in [0.15, 0.2) is 22.7 Å². The monoisotopic (exact) mass is 382 g/mol. The molecule has 1 atom stereocenters. The Balaban J connectivity index is 0.00000200. The molecule has 0 aliphatic carbocycles. The molecule has 1 aromatic rings. The van der Waals surface area contributed by atoms with Gasteiger partial charge in [0.2, 0.25) is 0 Å². The molecule has 2 N–H and O–H groups in total. The number of halogens is 3. The maximum atomic E-state index is 5.90. The summed E-state index contributed by atoms with van der Waals surface area (Å²) in [6, 6.07) is 5.57. The number of hydrogen-bond acceptors (Lipinski definition) is 3. The molecule has 1 unspecified atom stereocenters. The average molecular weight is 384 g/mol. The first-order chi connectivity index (χ1) is 9.02. The van der Waals surface area contributed by atoms with Gasteiger partial charge < -0.3 is 10.5 Å². The largest absolute Gasteiger partial charge is 0.491 e. The summed E-state index contributed by atoms with van der Waals surface area (Å²) >= 11 is 9.35. The van der Waals surface area contributed by atoms with E-state index < -0.39 is 0 Å². The Labute approximate surface area is 140 Å². The van der Waals surface area contributed by atoms with Crippen LogP contribution in [0.5, 0.6) is 5.75 Å². The first kappa shape index (κ1) is 18.1. The highest BCUT2D eigenvalue weighted by Gasteiger charge is 2.31. The van der Waals surface area contributed by atoms with Crippen LogP contribution in [0.4, 0.5) is 0 Å². The fraction of sp³-hybridized carbons (Fsp3) is 0.571. The lowest BCUT2D eigenvalue weighted by atomic mass is 9.90. The Kier molecular flexibility index (Phi) is 7.09. The predicted octanol–water partition coefficient (Wildman–Crippen LogP) is 3.57. The zero-order chi connectivity index (χ0) is 13.9. The first-order valence-electron chi connectivity index (χ1n) is 6.53. The van der Waals surface area contributed by atoms with Crippen molar-refractivity contribution >= 4 is 39.9 Å². The van der Waals surface area contributed by atoms with Crippen molar-refractivity contribution in [2.75, 3.05) is 32.8 Å². The SMILES string of the molecule is CC1(CN)CCN(CCOc2ccc(Cl)cc2Br)C1.Cl. The van der Waals surface area contributed by atoms with Gasteiger partial charge in [-0.15, -0.1) is 12.4 Å². The Bertz CT molecular complexity index is 447. The Morgan fingerprint density at radius 2 is 2.25 bits per heavy atom. The van der Waals surface area contributed by atoms with E-state index in [4.69, 9.17) is 22.1 Å². The molecule has 1 fully saturated rings. The lowest BCUT2D eigenvalue weighted by molar-refractivity contribution is 0.219. The van der Waals surface area contributed by atoms with Crippen molar-refractivity contribution in [2.24, 2.45) is 11.1 Å². The van der Waals surface area contributed by atoms with Gasteiger partial charge in [0.15, 0.2) is 0 Å². The lowest BCUT2D eigenvalue weighted by Gasteiger charge is -2.22. The van der Waals surface area contributed by atoms with Gasteiger partial charge in [-0.3, -0.25) is 4.90 Å². The number of nitrogens with two attached hydrogens (primary N) is 1. The van der Waals surface area contributed by atoms with Gasteiger partial charge in [-0.25, -0.2) is 0 Å². The van der Waals surface area contributed by atoms with E-state index in [0.717, 1.165) is 36.4 Å². The summed E-state index contributed by atoms with van der Waals surface area (Å²) in [6.07, 6.45) is 1.17. The third kappa shape index (κ3) is 4.78. The molecule has 20 heavy (non-hydrogen) atoms. The van der Waals surface area contributed by atoms with Gasteiger partial charge in [0.25, 0.3) is 0 Å². The second-order valence-corrected chi connectivity index (χ2v) is 6.75. The van der Waals surface area contributed by atoms with E-state index in [0.29, 0.717) is 11.6 Å². The zero-order valence-corrected chi connectivity index (χ0v) is 14.7. The van der Waals surface area contributed by atoms with Crippen molar-refractivity contribution in [1.82, 2.24) is 4.90 Å². The molecule has 3 nitrogen and oxygen atoms in total. The molecule has 0 saturated carbocycles. The van der Waals surface area contributed by atoms with Gasteiger partial charge in [0.1, 0.15) is 12.4 Å². The summed E-state index contributed by atoms with van der Waals surface area (Å²) in [4.78, 5) is 2.41. The number of rotatable bonds is 5. The third-order valence-corrected chi connectivity index (χ3v) is 4.54. The van der Waals surface area contributed by atoms with Crippen molar-refractivity contribution in [1.29, 1.82) is 0 Å². The summed E-state index contributed by atoms with van der Waals surface area (Å²) in [5, 5.41) is 0.706. The second-order valence-electron chi connectivity index (χ2n) is 5.46. The van der Waals surface area contributed by atoms with E-state index in [9.17, 15) is 0 Å². The third-order valence-electron chi connectivity index (χ3n) is 3.69. The van der Waals surface area contributed by atoms with E-state index >= 15 is 0 Å². The van der Waals surface area contributed by atoms with E-state index in [1.165, 1.54) is 6.42 Å². The minimum absolute atomic E-state index is 0. The Morgan fingerprint density at radius 1 is 1.50 bits per heavy atom. The highest BCUT2D eigenvalue weighted by atomic mass is 79.9. The molecular formula is C14H21BrCl2N2O. The molecule has 1 aliphatic rings. The van der Waals surface area contributed by atoms with Crippen molar-refractivity contribution in [3.05, 3.63) is 27.7 Å². The van der Waals surface area contributed by atoms with Crippen LogP contribution >= 0.6 is 39.9 Å². The van der Waals surface area contributed by atoms with Crippen LogP contribution in [0.25, 0.3) is 0 Å². The molecule has 1 heterocycles. The molecule has 114 valence electrons. The standard InChI is InChI=1S/C14H20BrClN2O.ClH/c1-14(9-17)4-5-18(10-14)6-7-19-13-3-2-11(16)8-12(13)15;/h2-3,8H,4-7,9-10,17H2,1H3;1H. The summed E-state index contributed by atoms with van der Waals surface area (Å²) < 4.78 is 6.67. The van der Waals surface area contributed by atoms with Gasteiger partial charge in [-0.1, -0.05) is 18.5 Å². The molecule has 0 aromatic heterocycles. The molecule has 0 amide bonds. The number of nitrogens with zero attached hydrogens (tertiary/aromatic N) is 1. The molecule has 1 aliphatic heterocycles. The van der Waals surface area contributed by atoms with Crippen LogP contribution in [0, 0.1) is 5.41 Å². The molecule has 1 saturated heterocycles. The predicted molar refractivity (Wildman–Crippen MR) is 90.1 cm³/mol. The van der Waals surface area contributed by atoms with E-state index in [-0.39, 0.29) is 17.8 Å². The quantitative estimate of drug-likeness (QED) is 0.844. The van der Waals surface area contributed by atoms with Gasteiger partial charge in [0.05, 0.1) is 4.47 Å². The number of benzene rings is 1. The van der Waals surface area contributed by atoms with Crippen LogP contribution in [0.3, 0.4) is 0 Å². The van der Waals surface area contributed by atoms with Gasteiger partial charge >= 0.3 is 0 Å². The topological polar surface area (TPSA) is 38.5 Å². The van der Waals surface area contributed by atoms with Crippen LogP contribution in [-0.4, -0.2) is 37.7 Å². The maximum Gasteiger partial charge on any atom is 0.133 e. The lowest BCUT2D eigenvalue weighted by Crippen LogP contribution is -2.33. The summed E-state index contributed by atoms with van der Waals surface area (Å²) in [7, 11) is 0.